The summed E-state index contributed by atoms with van der Waals surface area (Å²) in [5, 5.41) is 0. The number of allylic oxidation sites excluding steroid dienone is 1. The van der Waals surface area contributed by atoms with Crippen LogP contribution in [-0.4, -0.2) is 30.5 Å². The monoisotopic (exact) mass is 325 g/mol. The van der Waals surface area contributed by atoms with Crippen molar-refractivity contribution in [3.8, 4) is 11.5 Å². The van der Waals surface area contributed by atoms with Crippen molar-refractivity contribution in [1.82, 2.24) is 4.98 Å². The Morgan fingerprint density at radius 2 is 2.04 bits per heavy atom. The van der Waals surface area contributed by atoms with E-state index in [4.69, 9.17) is 14.2 Å². The van der Waals surface area contributed by atoms with Gasteiger partial charge in [-0.2, -0.15) is 0 Å². The van der Waals surface area contributed by atoms with Gasteiger partial charge in [-0.15, -0.1) is 0 Å². The van der Waals surface area contributed by atoms with E-state index in [1.165, 1.54) is 13.2 Å². The van der Waals surface area contributed by atoms with Crippen molar-refractivity contribution in [2.75, 3.05) is 13.7 Å². The number of aromatic nitrogens is 1. The van der Waals surface area contributed by atoms with E-state index in [1.54, 1.807) is 43.6 Å². The number of esters is 1. The molecule has 0 aliphatic carbocycles. The molecule has 6 nitrogen and oxygen atoms in total. The predicted octanol–water partition coefficient (Wildman–Crippen LogP) is 2.56. The normalized spacial score (nSPS) is 14.4. The molecule has 122 valence electrons. The van der Waals surface area contributed by atoms with Crippen molar-refractivity contribution in [2.24, 2.45) is 0 Å². The number of ether oxygens (including phenoxy) is 3. The lowest BCUT2D eigenvalue weighted by Crippen LogP contribution is -2.14. The summed E-state index contributed by atoms with van der Waals surface area (Å²) in [6.45, 7) is 1.62. The quantitative estimate of drug-likeness (QED) is 0.488. The zero-order chi connectivity index (χ0) is 17.1. The number of carbonyl (C=O) groups is 2. The minimum absolute atomic E-state index is 0.150. The highest BCUT2D eigenvalue weighted by atomic mass is 16.6. The highest BCUT2D eigenvalue weighted by Crippen LogP contribution is 2.37. The molecule has 0 amide bonds. The average Bonchev–Trinajstić information content (AvgIpc) is 2.85. The van der Waals surface area contributed by atoms with Gasteiger partial charge in [0.05, 0.1) is 5.56 Å². The van der Waals surface area contributed by atoms with Crippen LogP contribution in [0, 0.1) is 6.92 Å². The summed E-state index contributed by atoms with van der Waals surface area (Å²) in [7, 11) is 1.41. The number of carbonyl (C=O) groups excluding carboxylic acids is 2. The molecule has 0 spiro atoms. The predicted molar refractivity (Wildman–Crippen MR) is 85.9 cm³/mol. The molecule has 0 radical (unpaired) electrons. The summed E-state index contributed by atoms with van der Waals surface area (Å²) in [5.74, 6) is 0.189. The van der Waals surface area contributed by atoms with E-state index in [9.17, 15) is 9.59 Å². The van der Waals surface area contributed by atoms with Gasteiger partial charge in [0, 0.05) is 25.6 Å². The molecule has 0 fully saturated rings. The SMILES string of the molecule is COCC(=O)Oc1cc(C)c2c(c1)O/C(=C\c1ccncc1)C2=O. The molecular formula is C18H15NO5. The molecule has 0 saturated heterocycles. The van der Waals surface area contributed by atoms with Gasteiger partial charge < -0.3 is 14.2 Å². The Kier molecular flexibility index (Phi) is 4.39. The molecule has 0 atom stereocenters. The Hall–Kier alpha value is -2.99. The van der Waals surface area contributed by atoms with Gasteiger partial charge in [0.15, 0.2) is 5.76 Å². The van der Waals surface area contributed by atoms with Crippen LogP contribution in [0.15, 0.2) is 42.4 Å². The van der Waals surface area contributed by atoms with Crippen molar-refractivity contribution in [3.63, 3.8) is 0 Å². The zero-order valence-corrected chi connectivity index (χ0v) is 13.2. The molecule has 6 heteroatoms. The number of ketones is 1. The summed E-state index contributed by atoms with van der Waals surface area (Å²) >= 11 is 0. The van der Waals surface area contributed by atoms with Crippen LogP contribution in [0.3, 0.4) is 0 Å². The van der Waals surface area contributed by atoms with Crippen LogP contribution in [0.1, 0.15) is 21.5 Å². The first-order valence-corrected chi connectivity index (χ1v) is 7.27. The molecule has 2 aromatic rings. The van der Waals surface area contributed by atoms with Gasteiger partial charge in [0.1, 0.15) is 18.1 Å². The van der Waals surface area contributed by atoms with Crippen LogP contribution in [0.25, 0.3) is 6.08 Å². The van der Waals surface area contributed by atoms with E-state index < -0.39 is 5.97 Å². The Labute approximate surface area is 138 Å². The van der Waals surface area contributed by atoms with E-state index in [2.05, 4.69) is 4.98 Å². The summed E-state index contributed by atoms with van der Waals surface area (Å²) < 4.78 is 15.5. The number of pyridine rings is 1. The van der Waals surface area contributed by atoms with Gasteiger partial charge in [-0.25, -0.2) is 4.79 Å². The standard InChI is InChI=1S/C18H15NO5/c1-11-7-13(23-16(20)10-22-2)9-14-17(11)18(21)15(24-14)8-12-3-5-19-6-4-12/h3-9H,10H2,1-2H3/b15-8-. The van der Waals surface area contributed by atoms with Crippen LogP contribution in [0.5, 0.6) is 11.5 Å². The Balaban J connectivity index is 1.90. The van der Waals surface area contributed by atoms with E-state index in [1.807, 2.05) is 0 Å². The number of methoxy groups -OCH3 is 1. The fourth-order valence-electron chi connectivity index (χ4n) is 2.43. The van der Waals surface area contributed by atoms with E-state index >= 15 is 0 Å². The second-order valence-electron chi connectivity index (χ2n) is 5.24. The molecule has 1 aromatic carbocycles. The van der Waals surface area contributed by atoms with Crippen LogP contribution in [0.2, 0.25) is 0 Å². The fourth-order valence-corrected chi connectivity index (χ4v) is 2.43. The van der Waals surface area contributed by atoms with Crippen LogP contribution in [0.4, 0.5) is 0 Å². The van der Waals surface area contributed by atoms with Crippen molar-refractivity contribution >= 4 is 17.8 Å². The molecule has 1 aliphatic heterocycles. The lowest BCUT2D eigenvalue weighted by atomic mass is 10.0. The topological polar surface area (TPSA) is 74.7 Å². The second-order valence-corrected chi connectivity index (χ2v) is 5.24. The number of aryl methyl sites for hydroxylation is 1. The third kappa shape index (κ3) is 3.18. The number of benzene rings is 1. The fraction of sp³-hybridized carbons (Fsp3) is 0.167. The first kappa shape index (κ1) is 15.9. The van der Waals surface area contributed by atoms with Crippen LogP contribution < -0.4 is 9.47 Å². The van der Waals surface area contributed by atoms with Gasteiger partial charge in [0.2, 0.25) is 5.78 Å². The summed E-state index contributed by atoms with van der Waals surface area (Å²) in [5.41, 5.74) is 1.96. The minimum atomic E-state index is -0.520. The third-order valence-electron chi connectivity index (χ3n) is 3.44. The minimum Gasteiger partial charge on any atom is -0.452 e. The molecule has 0 bridgehead atoms. The third-order valence-corrected chi connectivity index (χ3v) is 3.44. The van der Waals surface area contributed by atoms with Crippen LogP contribution in [-0.2, 0) is 9.53 Å². The molecule has 0 saturated carbocycles. The molecule has 1 aromatic heterocycles. The molecule has 24 heavy (non-hydrogen) atoms. The smallest absolute Gasteiger partial charge is 0.337 e. The van der Waals surface area contributed by atoms with Crippen LogP contribution >= 0.6 is 0 Å². The van der Waals surface area contributed by atoms with Gasteiger partial charge in [-0.05, 0) is 42.3 Å². The van der Waals surface area contributed by atoms with Gasteiger partial charge >= 0.3 is 5.97 Å². The zero-order valence-electron chi connectivity index (χ0n) is 13.2. The van der Waals surface area contributed by atoms with Crippen molar-refractivity contribution < 1.29 is 23.8 Å². The molecule has 2 heterocycles. The summed E-state index contributed by atoms with van der Waals surface area (Å²) in [6, 6.07) is 6.71. The number of nitrogens with zero attached hydrogens (tertiary/aromatic N) is 1. The number of fused-ring (bicyclic) bond motifs is 1. The van der Waals surface area contributed by atoms with Gasteiger partial charge in [0.25, 0.3) is 0 Å². The highest BCUT2D eigenvalue weighted by molar-refractivity contribution is 6.15. The summed E-state index contributed by atoms with van der Waals surface area (Å²) in [6.07, 6.45) is 4.93. The first-order chi connectivity index (χ1) is 11.6. The van der Waals surface area contributed by atoms with Crippen molar-refractivity contribution in [1.29, 1.82) is 0 Å². The molecule has 0 unspecified atom stereocenters. The largest absolute Gasteiger partial charge is 0.452 e. The van der Waals surface area contributed by atoms with E-state index in [0.717, 1.165) is 5.56 Å². The molecular weight excluding hydrogens is 310 g/mol. The van der Waals surface area contributed by atoms with E-state index in [0.29, 0.717) is 22.6 Å². The number of hydrogen-bond acceptors (Lipinski definition) is 6. The second kappa shape index (κ2) is 6.64. The molecule has 0 N–H and O–H groups in total. The lowest BCUT2D eigenvalue weighted by molar-refractivity contribution is -0.138. The number of hydrogen-bond donors (Lipinski definition) is 0. The van der Waals surface area contributed by atoms with Crippen molar-refractivity contribution in [3.05, 3.63) is 59.1 Å². The maximum Gasteiger partial charge on any atom is 0.337 e. The average molecular weight is 325 g/mol. The lowest BCUT2D eigenvalue weighted by Gasteiger charge is -2.07. The maximum atomic E-state index is 12.5. The summed E-state index contributed by atoms with van der Waals surface area (Å²) in [4.78, 5) is 28.0. The Morgan fingerprint density at radius 3 is 2.75 bits per heavy atom. The number of Topliss-reactive ketones (excluding diaryl/α,β-unsaturated/α-hetero) is 1. The van der Waals surface area contributed by atoms with E-state index in [-0.39, 0.29) is 18.1 Å². The van der Waals surface area contributed by atoms with Gasteiger partial charge in [-0.3, -0.25) is 9.78 Å². The molecule has 1 aliphatic rings. The Bertz CT molecular complexity index is 827. The van der Waals surface area contributed by atoms with Gasteiger partial charge in [-0.1, -0.05) is 0 Å². The molecule has 3 rings (SSSR count). The first-order valence-electron chi connectivity index (χ1n) is 7.27. The Morgan fingerprint density at radius 1 is 1.29 bits per heavy atom. The maximum absolute atomic E-state index is 12.5. The number of rotatable bonds is 4. The van der Waals surface area contributed by atoms with Crippen molar-refractivity contribution in [2.45, 2.75) is 6.92 Å². The highest BCUT2D eigenvalue weighted by Gasteiger charge is 2.30.